The number of carbonyl (C=O) groups excluding carboxylic acids is 1. The molecule has 1 saturated heterocycles. The van der Waals surface area contributed by atoms with Gasteiger partial charge in [0.05, 0.1) is 10.5 Å². The second-order valence-corrected chi connectivity index (χ2v) is 7.30. The van der Waals surface area contributed by atoms with E-state index >= 15 is 0 Å². The van der Waals surface area contributed by atoms with Gasteiger partial charge in [-0.3, -0.25) is 5.43 Å². The number of hydrogen-bond donors (Lipinski definition) is 3. The predicted octanol–water partition coefficient (Wildman–Crippen LogP) is 1.02. The maximum absolute atomic E-state index is 12.3. The van der Waals surface area contributed by atoms with Crippen molar-refractivity contribution in [2.24, 2.45) is 11.8 Å². The summed E-state index contributed by atoms with van der Waals surface area (Å²) in [5.74, 6) is -2.45. The normalized spacial score (nSPS) is 30.3. The summed E-state index contributed by atoms with van der Waals surface area (Å²) in [7, 11) is -4.36. The fourth-order valence-corrected chi connectivity index (χ4v) is 3.69. The fraction of sp³-hybridized carbons (Fsp3) is 0.467. The Bertz CT molecular complexity index is 885. The lowest BCUT2D eigenvalue weighted by atomic mass is 10.0. The van der Waals surface area contributed by atoms with E-state index in [1.54, 1.807) is 4.72 Å². The van der Waals surface area contributed by atoms with Crippen LogP contribution in [0.2, 0.25) is 0 Å². The Labute approximate surface area is 145 Å². The minimum absolute atomic E-state index is 0.131. The van der Waals surface area contributed by atoms with Gasteiger partial charge in [0.25, 0.3) is 10.0 Å². The van der Waals surface area contributed by atoms with Crippen LogP contribution in [-0.2, 0) is 10.0 Å². The number of carboxylic acids is 1. The largest absolute Gasteiger partial charge is 0.478 e. The molecule has 8 nitrogen and oxygen atoms in total. The van der Waals surface area contributed by atoms with E-state index in [9.17, 15) is 18.0 Å². The maximum Gasteiger partial charge on any atom is 0.343 e. The van der Waals surface area contributed by atoms with E-state index in [0.717, 1.165) is 24.3 Å². The van der Waals surface area contributed by atoms with E-state index in [0.29, 0.717) is 24.3 Å². The number of aromatic carboxylic acids is 1. The van der Waals surface area contributed by atoms with E-state index in [4.69, 9.17) is 10.6 Å². The lowest BCUT2D eigenvalue weighted by Gasteiger charge is -2.18. The summed E-state index contributed by atoms with van der Waals surface area (Å²) in [5, 5.41) is 9.39. The number of sulfonamides is 1. The molecule has 2 amide bonds. The summed E-state index contributed by atoms with van der Waals surface area (Å²) < 4.78 is 59.0. The summed E-state index contributed by atoms with van der Waals surface area (Å²) in [5.41, 5.74) is 1.87. The monoisotopic (exact) mass is 357 g/mol. The molecule has 1 aromatic carbocycles. The van der Waals surface area contributed by atoms with Crippen LogP contribution in [0, 0.1) is 11.8 Å². The van der Waals surface area contributed by atoms with Gasteiger partial charge >= 0.3 is 12.0 Å². The van der Waals surface area contributed by atoms with Crippen LogP contribution in [0.1, 0.15) is 35.1 Å². The Kier molecular flexibility index (Phi) is 3.27. The second kappa shape index (κ2) is 6.40. The average molecular weight is 357 g/mol. The highest BCUT2D eigenvalue weighted by Gasteiger charge is 2.36. The number of nitrogens with zero attached hydrogens (tertiary/aromatic N) is 1. The molecule has 0 spiro atoms. The van der Waals surface area contributed by atoms with Crippen molar-refractivity contribution in [1.82, 2.24) is 15.2 Å². The standard InChI is InChI=1S/C15H19N3O5S/c19-14(20)10-4-6-13(7-5-10)24(22,23)17-15(21)16-18-8-11-2-1-3-12(11)9-18/h4-7,11-12H,1-3,8-9H2,(H,19,20)(H2,16,17,21)/i8D2,9D2. The molecule has 2 atom stereocenters. The van der Waals surface area contributed by atoms with Crippen molar-refractivity contribution in [2.45, 2.75) is 24.2 Å². The van der Waals surface area contributed by atoms with Gasteiger partial charge in [-0.05, 0) is 48.9 Å². The summed E-state index contributed by atoms with van der Waals surface area (Å²) in [6.07, 6.45) is 1.64. The topological polar surface area (TPSA) is 116 Å². The molecule has 24 heavy (non-hydrogen) atoms. The van der Waals surface area contributed by atoms with Crippen LogP contribution in [-0.4, -0.2) is 43.5 Å². The number of carbonyl (C=O) groups is 2. The zero-order valence-corrected chi connectivity index (χ0v) is 13.3. The van der Waals surface area contributed by atoms with Crippen LogP contribution >= 0.6 is 0 Å². The summed E-state index contributed by atoms with van der Waals surface area (Å²) in [6, 6.07) is 2.84. The van der Waals surface area contributed by atoms with E-state index in [2.05, 4.69) is 0 Å². The molecular formula is C15H19N3O5S. The third kappa shape index (κ3) is 3.51. The van der Waals surface area contributed by atoms with Gasteiger partial charge in [0.15, 0.2) is 0 Å². The molecule has 0 bridgehead atoms. The molecule has 3 rings (SSSR count). The first kappa shape index (κ1) is 12.3. The van der Waals surface area contributed by atoms with Crippen molar-refractivity contribution in [3.63, 3.8) is 0 Å². The molecule has 1 aromatic rings. The molecule has 1 saturated carbocycles. The highest BCUT2D eigenvalue weighted by atomic mass is 32.2. The quantitative estimate of drug-likeness (QED) is 0.741. The summed E-state index contributed by atoms with van der Waals surface area (Å²) in [6.45, 7) is -4.34. The zero-order chi connectivity index (χ0) is 20.9. The van der Waals surface area contributed by atoms with Crippen molar-refractivity contribution >= 4 is 22.0 Å². The first-order valence-electron chi connectivity index (χ1n) is 9.34. The average Bonchev–Trinajstić information content (AvgIpc) is 3.14. The van der Waals surface area contributed by atoms with E-state index in [1.165, 1.54) is 0 Å². The van der Waals surface area contributed by atoms with E-state index < -0.39 is 46.9 Å². The highest BCUT2D eigenvalue weighted by molar-refractivity contribution is 7.90. The number of hydrazine groups is 1. The summed E-state index contributed by atoms with van der Waals surface area (Å²) in [4.78, 5) is 22.7. The molecule has 130 valence electrons. The van der Waals surface area contributed by atoms with Crippen LogP contribution in [0.3, 0.4) is 0 Å². The zero-order valence-electron chi connectivity index (χ0n) is 16.5. The molecule has 2 fully saturated rings. The smallest absolute Gasteiger partial charge is 0.343 e. The van der Waals surface area contributed by atoms with Gasteiger partial charge in [0, 0.05) is 18.5 Å². The van der Waals surface area contributed by atoms with Crippen LogP contribution < -0.4 is 10.1 Å². The molecule has 2 aliphatic rings. The SMILES string of the molecule is [2H]C1([2H])C2CCCC2C([2H])([2H])N1NC(=O)NS(=O)(=O)c1ccc(C(=O)O)cc1. The molecule has 0 radical (unpaired) electrons. The summed E-state index contributed by atoms with van der Waals surface area (Å²) >= 11 is 0. The molecule has 9 heteroatoms. The van der Waals surface area contributed by atoms with Gasteiger partial charge in [-0.2, -0.15) is 0 Å². The Balaban J connectivity index is 1.75. The number of rotatable bonds is 4. The van der Waals surface area contributed by atoms with Gasteiger partial charge in [0.2, 0.25) is 0 Å². The van der Waals surface area contributed by atoms with Crippen LogP contribution in [0.25, 0.3) is 0 Å². The molecule has 0 aromatic heterocycles. The molecule has 1 aliphatic carbocycles. The lowest BCUT2D eigenvalue weighted by molar-refractivity contribution is 0.0696. The van der Waals surface area contributed by atoms with Crippen LogP contribution in [0.4, 0.5) is 4.79 Å². The third-order valence-corrected chi connectivity index (χ3v) is 5.30. The number of urea groups is 1. The number of amides is 2. The second-order valence-electron chi connectivity index (χ2n) is 5.61. The van der Waals surface area contributed by atoms with Gasteiger partial charge < -0.3 is 5.11 Å². The minimum Gasteiger partial charge on any atom is -0.478 e. The number of carboxylic acid groups (broad SMARTS) is 1. The first-order chi connectivity index (χ1) is 12.9. The van der Waals surface area contributed by atoms with Crippen LogP contribution in [0.15, 0.2) is 29.2 Å². The van der Waals surface area contributed by atoms with Crippen molar-refractivity contribution in [3.8, 4) is 0 Å². The predicted molar refractivity (Wildman–Crippen MR) is 84.7 cm³/mol. The number of fused-ring (bicyclic) bond motifs is 1. The fourth-order valence-electron chi connectivity index (χ4n) is 2.78. The van der Waals surface area contributed by atoms with E-state index in [1.807, 2.05) is 5.43 Å². The van der Waals surface area contributed by atoms with Crippen molar-refractivity contribution in [3.05, 3.63) is 29.8 Å². The van der Waals surface area contributed by atoms with Gasteiger partial charge in [-0.1, -0.05) is 6.42 Å². The Morgan fingerprint density at radius 2 is 1.75 bits per heavy atom. The lowest BCUT2D eigenvalue weighted by Crippen LogP contribution is -2.48. The van der Waals surface area contributed by atoms with Crippen LogP contribution in [0.5, 0.6) is 0 Å². The van der Waals surface area contributed by atoms with Crippen molar-refractivity contribution < 1.29 is 28.6 Å². The highest BCUT2D eigenvalue weighted by Crippen LogP contribution is 2.36. The Hall–Kier alpha value is -2.13. The van der Waals surface area contributed by atoms with Gasteiger partial charge in [-0.25, -0.2) is 27.7 Å². The Morgan fingerprint density at radius 3 is 2.29 bits per heavy atom. The van der Waals surface area contributed by atoms with Gasteiger partial charge in [0.1, 0.15) is 0 Å². The van der Waals surface area contributed by atoms with E-state index in [-0.39, 0.29) is 10.5 Å². The Morgan fingerprint density at radius 1 is 1.17 bits per heavy atom. The number of benzene rings is 1. The number of hydrogen-bond acceptors (Lipinski definition) is 5. The molecule has 1 heterocycles. The minimum atomic E-state index is -4.36. The third-order valence-electron chi connectivity index (χ3n) is 3.96. The molecule has 3 N–H and O–H groups in total. The van der Waals surface area contributed by atoms with Crippen molar-refractivity contribution in [2.75, 3.05) is 13.0 Å². The molecule has 1 aliphatic heterocycles. The number of nitrogens with one attached hydrogen (secondary N) is 2. The van der Waals surface area contributed by atoms with Crippen molar-refractivity contribution in [1.29, 1.82) is 0 Å². The maximum atomic E-state index is 12.3. The first-order valence-corrected chi connectivity index (χ1v) is 8.83. The molecular weight excluding hydrogens is 334 g/mol. The molecule has 2 unspecified atom stereocenters. The van der Waals surface area contributed by atoms with Gasteiger partial charge in [-0.15, -0.1) is 0 Å².